The highest BCUT2D eigenvalue weighted by atomic mass is 32.2. The van der Waals surface area contributed by atoms with Crippen LogP contribution in [-0.2, 0) is 28.6 Å². The maximum Gasteiger partial charge on any atom is 0.310 e. The van der Waals surface area contributed by atoms with Crippen molar-refractivity contribution in [3.8, 4) is 0 Å². The fourth-order valence-electron chi connectivity index (χ4n) is 8.40. The second-order valence-electron chi connectivity index (χ2n) is 18.2. The molecule has 1 rings (SSSR count). The molecule has 0 radical (unpaired) electrons. The fraction of sp³-hybridized carbons (Fsp3) is 0.941. The zero-order valence-electron chi connectivity index (χ0n) is 39.9. The van der Waals surface area contributed by atoms with Crippen LogP contribution in [0.25, 0.3) is 0 Å². The van der Waals surface area contributed by atoms with Gasteiger partial charge in [0.2, 0.25) is 0 Å². The van der Waals surface area contributed by atoms with Crippen molar-refractivity contribution < 1.29 is 28.6 Å². The van der Waals surface area contributed by atoms with Gasteiger partial charge in [0.25, 0.3) is 0 Å². The molecule has 0 saturated carbocycles. The van der Waals surface area contributed by atoms with Gasteiger partial charge in [0.1, 0.15) is 18.3 Å². The van der Waals surface area contributed by atoms with E-state index in [0.717, 1.165) is 192 Å². The number of ether oxygens (including phenoxy) is 3. The van der Waals surface area contributed by atoms with Crippen LogP contribution in [0.2, 0.25) is 0 Å². The lowest BCUT2D eigenvalue weighted by Gasteiger charge is -2.36. The number of nitrogens with zero attached hydrogens (tertiary/aromatic N) is 1. The Bertz CT molecular complexity index is 929. The Morgan fingerprint density at radius 3 is 1.32 bits per heavy atom. The molecule has 0 bridgehead atoms. The summed E-state index contributed by atoms with van der Waals surface area (Å²) < 4.78 is 18.2. The van der Waals surface area contributed by atoms with Crippen LogP contribution in [0.4, 0.5) is 0 Å². The highest BCUT2D eigenvalue weighted by molar-refractivity contribution is 7.99. The number of thioether (sulfide) groups is 1. The van der Waals surface area contributed by atoms with E-state index in [9.17, 15) is 14.4 Å². The van der Waals surface area contributed by atoms with Crippen LogP contribution in [0.5, 0.6) is 0 Å². The van der Waals surface area contributed by atoms with Gasteiger partial charge in [0.15, 0.2) is 0 Å². The van der Waals surface area contributed by atoms with Gasteiger partial charge < -0.3 is 19.1 Å². The average molecular weight is 852 g/mol. The normalized spacial score (nSPS) is 16.0. The summed E-state index contributed by atoms with van der Waals surface area (Å²) in [6.45, 7) is 13.0. The van der Waals surface area contributed by atoms with Crippen LogP contribution in [0.15, 0.2) is 0 Å². The molecule has 0 aromatic carbocycles. The van der Waals surface area contributed by atoms with Gasteiger partial charge in [-0.3, -0.25) is 14.4 Å². The predicted molar refractivity (Wildman–Crippen MR) is 252 cm³/mol. The van der Waals surface area contributed by atoms with Crippen molar-refractivity contribution in [1.29, 1.82) is 0 Å². The highest BCUT2D eigenvalue weighted by Gasteiger charge is 2.35. The van der Waals surface area contributed by atoms with Gasteiger partial charge in [-0.25, -0.2) is 0 Å². The van der Waals surface area contributed by atoms with Crippen molar-refractivity contribution >= 4 is 29.7 Å². The van der Waals surface area contributed by atoms with Gasteiger partial charge in [-0.2, -0.15) is 11.8 Å². The van der Waals surface area contributed by atoms with E-state index >= 15 is 0 Å². The largest absolute Gasteiger partial charge is 0.462 e. The third-order valence-electron chi connectivity index (χ3n) is 12.4. The number of hydrogen-bond donors (Lipinski definition) is 0. The van der Waals surface area contributed by atoms with Gasteiger partial charge >= 0.3 is 17.9 Å². The molecular weight excluding hydrogens is 755 g/mol. The van der Waals surface area contributed by atoms with Crippen molar-refractivity contribution in [1.82, 2.24) is 4.90 Å². The summed E-state index contributed by atoms with van der Waals surface area (Å²) >= 11 is 2.00. The summed E-state index contributed by atoms with van der Waals surface area (Å²) in [7, 11) is 2.19. The lowest BCUT2D eigenvalue weighted by atomic mass is 9.96. The van der Waals surface area contributed by atoms with Crippen molar-refractivity contribution in [3.63, 3.8) is 0 Å². The number of carbonyl (C=O) groups excluding carboxylic acids is 3. The summed E-state index contributed by atoms with van der Waals surface area (Å²) in [5.41, 5.74) is 0. The minimum atomic E-state index is -0.0159. The first-order chi connectivity index (χ1) is 28.8. The Balaban J connectivity index is 2.55. The standard InChI is InChI=1S/C51H97NO6S/c1-7-12-17-26-31-42-59-48-43-52(6)41-40-47(48)51(55)58-46(36-27-22-18-20-24-29-38-49(53)56-44(32-13-8-2)33-14-9-3)37-28-23-19-21-25-30-39-50(54)57-45(34-15-10-4)35-16-11-5/h44-48H,7-43H2,1-6H3. The molecule has 1 fully saturated rings. The third-order valence-corrected chi connectivity index (χ3v) is 13.8. The summed E-state index contributed by atoms with van der Waals surface area (Å²) in [5.74, 6) is 1.14. The van der Waals surface area contributed by atoms with Crippen LogP contribution in [-0.4, -0.2) is 72.3 Å². The van der Waals surface area contributed by atoms with E-state index in [-0.39, 0.29) is 42.1 Å². The van der Waals surface area contributed by atoms with E-state index in [0.29, 0.717) is 18.1 Å². The number of rotatable bonds is 41. The molecule has 1 aliphatic heterocycles. The van der Waals surface area contributed by atoms with Gasteiger partial charge in [-0.1, -0.05) is 163 Å². The van der Waals surface area contributed by atoms with E-state index in [4.69, 9.17) is 14.2 Å². The van der Waals surface area contributed by atoms with Crippen molar-refractivity contribution in [2.75, 3.05) is 25.9 Å². The second kappa shape index (κ2) is 39.6. The van der Waals surface area contributed by atoms with Crippen LogP contribution >= 0.6 is 11.8 Å². The van der Waals surface area contributed by atoms with E-state index in [2.05, 4.69) is 46.6 Å². The first kappa shape index (κ1) is 55.7. The lowest BCUT2D eigenvalue weighted by molar-refractivity contribution is -0.156. The Hall–Kier alpha value is -1.28. The SMILES string of the molecule is CCCCCCCSC1CN(C)CCC1C(=O)OC(CCCCCCCCC(=O)OC(CCCC)CCCC)CCCCCCCCC(=O)OC(CCCC)CCCC. The molecule has 1 aliphatic rings. The summed E-state index contributed by atoms with van der Waals surface area (Å²) in [6.07, 6.45) is 36.4. The third kappa shape index (κ3) is 31.3. The second-order valence-corrected chi connectivity index (χ2v) is 19.5. The first-order valence-electron chi connectivity index (χ1n) is 25.7. The van der Waals surface area contributed by atoms with E-state index in [1.54, 1.807) is 0 Å². The number of carbonyl (C=O) groups is 3. The van der Waals surface area contributed by atoms with Crippen molar-refractivity contribution in [2.24, 2.45) is 5.92 Å². The van der Waals surface area contributed by atoms with Crippen molar-refractivity contribution in [3.05, 3.63) is 0 Å². The van der Waals surface area contributed by atoms with E-state index in [1.807, 2.05) is 11.8 Å². The van der Waals surface area contributed by atoms with Gasteiger partial charge in [-0.05, 0) is 96.4 Å². The molecule has 0 aromatic rings. The number of hydrogen-bond acceptors (Lipinski definition) is 8. The summed E-state index contributed by atoms with van der Waals surface area (Å²) in [6, 6.07) is 0. The molecule has 0 N–H and O–H groups in total. The summed E-state index contributed by atoms with van der Waals surface area (Å²) in [4.78, 5) is 41.3. The van der Waals surface area contributed by atoms with Gasteiger partial charge in [0, 0.05) is 24.6 Å². The van der Waals surface area contributed by atoms with Crippen LogP contribution < -0.4 is 0 Å². The summed E-state index contributed by atoms with van der Waals surface area (Å²) in [5, 5.41) is 0.319. The smallest absolute Gasteiger partial charge is 0.310 e. The zero-order chi connectivity index (χ0) is 43.2. The van der Waals surface area contributed by atoms with Crippen molar-refractivity contribution in [2.45, 2.75) is 276 Å². The molecule has 348 valence electrons. The molecule has 0 amide bonds. The highest BCUT2D eigenvalue weighted by Crippen LogP contribution is 2.31. The minimum absolute atomic E-state index is 0.00476. The number of unbranched alkanes of at least 4 members (excludes halogenated alkanes) is 18. The number of piperidine rings is 1. The monoisotopic (exact) mass is 852 g/mol. The van der Waals surface area contributed by atoms with E-state index < -0.39 is 0 Å². The molecule has 0 spiro atoms. The maximum atomic E-state index is 13.8. The van der Waals surface area contributed by atoms with Crippen LogP contribution in [0.3, 0.4) is 0 Å². The first-order valence-corrected chi connectivity index (χ1v) is 26.7. The van der Waals surface area contributed by atoms with E-state index in [1.165, 1.54) is 32.1 Å². The molecule has 1 heterocycles. The molecule has 1 saturated heterocycles. The molecule has 59 heavy (non-hydrogen) atoms. The maximum absolute atomic E-state index is 13.8. The fourth-order valence-corrected chi connectivity index (χ4v) is 9.91. The number of esters is 3. The molecule has 2 unspecified atom stereocenters. The number of likely N-dealkylation sites (tertiary alicyclic amines) is 1. The lowest BCUT2D eigenvalue weighted by Crippen LogP contribution is -2.44. The van der Waals surface area contributed by atoms with Crippen LogP contribution in [0.1, 0.15) is 253 Å². The quantitative estimate of drug-likeness (QED) is 0.0342. The van der Waals surface area contributed by atoms with Crippen LogP contribution in [0, 0.1) is 5.92 Å². The topological polar surface area (TPSA) is 82.1 Å². The molecule has 2 atom stereocenters. The molecule has 0 aliphatic carbocycles. The molecule has 7 nitrogen and oxygen atoms in total. The zero-order valence-corrected chi connectivity index (χ0v) is 40.7. The van der Waals surface area contributed by atoms with Gasteiger partial charge in [0.05, 0.1) is 5.92 Å². The Morgan fingerprint density at radius 1 is 0.492 bits per heavy atom. The minimum Gasteiger partial charge on any atom is -0.462 e. The average Bonchev–Trinajstić information content (AvgIpc) is 3.22. The molecule has 0 aromatic heterocycles. The molecule has 8 heteroatoms. The predicted octanol–water partition coefficient (Wildman–Crippen LogP) is 14.7. The Kier molecular flexibility index (Phi) is 37.4. The Morgan fingerprint density at radius 2 is 0.864 bits per heavy atom. The van der Waals surface area contributed by atoms with Gasteiger partial charge in [-0.15, -0.1) is 0 Å². The molecular formula is C51H97NO6S. The Labute approximate surface area is 370 Å².